The van der Waals surface area contributed by atoms with E-state index < -0.39 is 10.9 Å². The van der Waals surface area contributed by atoms with Gasteiger partial charge in [0.15, 0.2) is 0 Å². The Labute approximate surface area is 133 Å². The molecule has 1 fully saturated rings. The number of amides is 1. The molecule has 1 aromatic rings. The average Bonchev–Trinajstić information content (AvgIpc) is 2.59. The number of benzene rings is 1. The maximum atomic E-state index is 12.6. The summed E-state index contributed by atoms with van der Waals surface area (Å²) in [7, 11) is 1.18. The topological polar surface area (TPSA) is 99.0 Å². The first-order chi connectivity index (χ1) is 11.0. The fourth-order valence-electron chi connectivity index (χ4n) is 2.41. The summed E-state index contributed by atoms with van der Waals surface area (Å²) < 4.78 is 10.1. The van der Waals surface area contributed by atoms with Crippen molar-refractivity contribution >= 4 is 17.6 Å². The van der Waals surface area contributed by atoms with E-state index in [-0.39, 0.29) is 28.8 Å². The number of non-ortho nitro benzene ring substituents is 1. The molecule has 2 rings (SSSR count). The number of hydrogen-bond acceptors (Lipinski definition) is 6. The van der Waals surface area contributed by atoms with Crippen molar-refractivity contribution in [1.29, 1.82) is 0 Å². The summed E-state index contributed by atoms with van der Waals surface area (Å²) in [6.45, 7) is 3.21. The maximum Gasteiger partial charge on any atom is 0.338 e. The number of carbonyl (C=O) groups excluding carboxylic acids is 2. The predicted octanol–water partition coefficient (Wildman–Crippen LogP) is 1.63. The van der Waals surface area contributed by atoms with E-state index in [9.17, 15) is 19.7 Å². The lowest BCUT2D eigenvalue weighted by atomic mass is 10.1. The number of nitro benzene ring substituents is 1. The molecule has 0 saturated carbocycles. The molecule has 1 heterocycles. The van der Waals surface area contributed by atoms with E-state index in [2.05, 4.69) is 4.74 Å². The Kier molecular flexibility index (Phi) is 5.28. The van der Waals surface area contributed by atoms with Crippen LogP contribution < -0.4 is 0 Å². The van der Waals surface area contributed by atoms with Crippen LogP contribution in [-0.4, -0.2) is 54.6 Å². The highest BCUT2D eigenvalue weighted by Crippen LogP contribution is 2.20. The lowest BCUT2D eigenvalue weighted by molar-refractivity contribution is -0.384. The van der Waals surface area contributed by atoms with E-state index in [1.54, 1.807) is 4.90 Å². The van der Waals surface area contributed by atoms with Crippen LogP contribution >= 0.6 is 0 Å². The van der Waals surface area contributed by atoms with Crippen LogP contribution in [0.3, 0.4) is 0 Å². The first-order valence-corrected chi connectivity index (χ1v) is 7.25. The summed E-state index contributed by atoms with van der Waals surface area (Å²) in [4.78, 5) is 36.2. The zero-order chi connectivity index (χ0) is 17.0. The van der Waals surface area contributed by atoms with Crippen molar-refractivity contribution in [2.45, 2.75) is 19.4 Å². The smallest absolute Gasteiger partial charge is 0.338 e. The second kappa shape index (κ2) is 7.19. The Morgan fingerprint density at radius 3 is 2.70 bits per heavy atom. The number of nitro groups is 1. The van der Waals surface area contributed by atoms with E-state index >= 15 is 0 Å². The first-order valence-electron chi connectivity index (χ1n) is 7.25. The van der Waals surface area contributed by atoms with Crippen LogP contribution in [0.25, 0.3) is 0 Å². The van der Waals surface area contributed by atoms with Crippen molar-refractivity contribution < 1.29 is 24.0 Å². The highest BCUT2D eigenvalue weighted by atomic mass is 16.6. The molecule has 0 spiro atoms. The van der Waals surface area contributed by atoms with Gasteiger partial charge in [-0.05, 0) is 12.5 Å². The van der Waals surface area contributed by atoms with E-state index in [0.717, 1.165) is 12.5 Å². The predicted molar refractivity (Wildman–Crippen MR) is 80.4 cm³/mol. The molecular weight excluding hydrogens is 304 g/mol. The van der Waals surface area contributed by atoms with Gasteiger partial charge in [-0.25, -0.2) is 4.79 Å². The number of methoxy groups -OCH3 is 1. The average molecular weight is 322 g/mol. The van der Waals surface area contributed by atoms with Crippen LogP contribution in [0, 0.1) is 10.1 Å². The van der Waals surface area contributed by atoms with Crippen LogP contribution in [0.2, 0.25) is 0 Å². The van der Waals surface area contributed by atoms with Gasteiger partial charge in [-0.3, -0.25) is 14.9 Å². The minimum Gasteiger partial charge on any atom is -0.465 e. The minimum absolute atomic E-state index is 0.0228. The van der Waals surface area contributed by atoms with Gasteiger partial charge in [-0.2, -0.15) is 0 Å². The standard InChI is InChI=1S/C15H18N2O6/c1-3-13-9-16(4-5-23-13)14(18)10-6-11(15(19)22-2)8-12(7-10)17(20)21/h6-8,13H,3-5,9H2,1-2H3/t13-/m0/s1. The molecule has 0 aromatic heterocycles. The third kappa shape index (κ3) is 3.84. The molecule has 1 amide bonds. The molecule has 0 bridgehead atoms. The number of ether oxygens (including phenoxy) is 2. The van der Waals surface area contributed by atoms with E-state index in [1.165, 1.54) is 19.2 Å². The van der Waals surface area contributed by atoms with Crippen molar-refractivity contribution in [3.8, 4) is 0 Å². The minimum atomic E-state index is -0.726. The summed E-state index contributed by atoms with van der Waals surface area (Å²) in [5.41, 5.74) is -0.252. The van der Waals surface area contributed by atoms with Crippen LogP contribution in [0.1, 0.15) is 34.1 Å². The quantitative estimate of drug-likeness (QED) is 0.474. The molecule has 1 aromatic carbocycles. The lowest BCUT2D eigenvalue weighted by Gasteiger charge is -2.32. The third-order valence-electron chi connectivity index (χ3n) is 3.68. The number of nitrogens with zero attached hydrogens (tertiary/aromatic N) is 2. The molecular formula is C15H18N2O6. The van der Waals surface area contributed by atoms with Crippen molar-refractivity contribution in [2.75, 3.05) is 26.8 Å². The molecule has 8 heteroatoms. The van der Waals surface area contributed by atoms with Crippen LogP contribution in [0.5, 0.6) is 0 Å². The molecule has 0 aliphatic carbocycles. The Bertz CT molecular complexity index is 630. The van der Waals surface area contributed by atoms with Gasteiger partial charge in [0.05, 0.1) is 30.3 Å². The Morgan fingerprint density at radius 2 is 2.09 bits per heavy atom. The van der Waals surface area contributed by atoms with Gasteiger partial charge in [-0.15, -0.1) is 0 Å². The van der Waals surface area contributed by atoms with Crippen LogP contribution in [0.15, 0.2) is 18.2 Å². The van der Waals surface area contributed by atoms with Gasteiger partial charge in [0.1, 0.15) is 0 Å². The maximum absolute atomic E-state index is 12.6. The SMILES string of the molecule is CC[C@H]1CN(C(=O)c2cc(C(=O)OC)cc([N+](=O)[O-])c2)CCO1. The summed E-state index contributed by atoms with van der Waals surface area (Å²) >= 11 is 0. The molecule has 0 N–H and O–H groups in total. The summed E-state index contributed by atoms with van der Waals surface area (Å²) in [5.74, 6) is -1.09. The van der Waals surface area contributed by atoms with E-state index in [4.69, 9.17) is 4.74 Å². The molecule has 8 nitrogen and oxygen atoms in total. The molecule has 1 saturated heterocycles. The van der Waals surface area contributed by atoms with Crippen molar-refractivity contribution in [3.05, 3.63) is 39.4 Å². The Hall–Kier alpha value is -2.48. The highest BCUT2D eigenvalue weighted by Gasteiger charge is 2.26. The van der Waals surface area contributed by atoms with Crippen LogP contribution in [0.4, 0.5) is 5.69 Å². The van der Waals surface area contributed by atoms with Crippen molar-refractivity contribution in [3.63, 3.8) is 0 Å². The second-order valence-electron chi connectivity index (χ2n) is 5.17. The van der Waals surface area contributed by atoms with Gasteiger partial charge in [0, 0.05) is 30.8 Å². The Morgan fingerprint density at radius 1 is 1.39 bits per heavy atom. The molecule has 1 atom stereocenters. The zero-order valence-electron chi connectivity index (χ0n) is 13.0. The van der Waals surface area contributed by atoms with E-state index in [1.807, 2.05) is 6.92 Å². The fraction of sp³-hybridized carbons (Fsp3) is 0.467. The van der Waals surface area contributed by atoms with E-state index in [0.29, 0.717) is 19.7 Å². The van der Waals surface area contributed by atoms with Crippen molar-refractivity contribution in [2.24, 2.45) is 0 Å². The second-order valence-corrected chi connectivity index (χ2v) is 5.17. The normalized spacial score (nSPS) is 17.7. The number of esters is 1. The molecule has 1 aliphatic heterocycles. The monoisotopic (exact) mass is 322 g/mol. The number of carbonyl (C=O) groups is 2. The third-order valence-corrected chi connectivity index (χ3v) is 3.68. The number of rotatable bonds is 4. The molecule has 0 unspecified atom stereocenters. The summed E-state index contributed by atoms with van der Waals surface area (Å²) in [6, 6.07) is 3.58. The van der Waals surface area contributed by atoms with Crippen LogP contribution in [-0.2, 0) is 9.47 Å². The van der Waals surface area contributed by atoms with Gasteiger partial charge in [0.25, 0.3) is 11.6 Å². The number of hydrogen-bond donors (Lipinski definition) is 0. The number of morpholine rings is 1. The fourth-order valence-corrected chi connectivity index (χ4v) is 2.41. The summed E-state index contributed by atoms with van der Waals surface area (Å²) in [6.07, 6.45) is 0.720. The zero-order valence-corrected chi connectivity index (χ0v) is 13.0. The van der Waals surface area contributed by atoms with Gasteiger partial charge < -0.3 is 14.4 Å². The largest absolute Gasteiger partial charge is 0.465 e. The van der Waals surface area contributed by atoms with Crippen molar-refractivity contribution in [1.82, 2.24) is 4.90 Å². The van der Waals surface area contributed by atoms with Gasteiger partial charge in [0.2, 0.25) is 0 Å². The Balaban J connectivity index is 2.33. The molecule has 1 aliphatic rings. The highest BCUT2D eigenvalue weighted by molar-refractivity contribution is 5.99. The molecule has 124 valence electrons. The van der Waals surface area contributed by atoms with Gasteiger partial charge in [-0.1, -0.05) is 6.92 Å². The van der Waals surface area contributed by atoms with Gasteiger partial charge >= 0.3 is 5.97 Å². The molecule has 0 radical (unpaired) electrons. The first kappa shape index (κ1) is 16.9. The lowest BCUT2D eigenvalue weighted by Crippen LogP contribution is -2.45. The summed E-state index contributed by atoms with van der Waals surface area (Å²) in [5, 5.41) is 11.0. The molecule has 23 heavy (non-hydrogen) atoms.